The van der Waals surface area contributed by atoms with Crippen molar-refractivity contribution in [3.05, 3.63) is 28.8 Å². The SMILES string of the molecule is CCOC(=O)C(CN)Cc1ccc(O)c(Cl)c1. The number of aromatic hydroxyl groups is 1. The summed E-state index contributed by atoms with van der Waals surface area (Å²) in [6, 6.07) is 4.83. The molecule has 94 valence electrons. The number of ether oxygens (including phenoxy) is 1. The number of benzene rings is 1. The lowest BCUT2D eigenvalue weighted by molar-refractivity contribution is -0.147. The van der Waals surface area contributed by atoms with Gasteiger partial charge in [-0.15, -0.1) is 0 Å². The molecular formula is C12H16ClNO3. The first-order valence-corrected chi connectivity index (χ1v) is 5.80. The fourth-order valence-corrected chi connectivity index (χ4v) is 1.69. The predicted octanol–water partition coefficient (Wildman–Crippen LogP) is 1.73. The zero-order valence-electron chi connectivity index (χ0n) is 9.65. The zero-order valence-corrected chi connectivity index (χ0v) is 10.4. The van der Waals surface area contributed by atoms with Gasteiger partial charge in [-0.05, 0) is 31.0 Å². The van der Waals surface area contributed by atoms with Crippen molar-refractivity contribution in [1.29, 1.82) is 0 Å². The number of halogens is 1. The average Bonchev–Trinajstić information content (AvgIpc) is 2.30. The van der Waals surface area contributed by atoms with E-state index >= 15 is 0 Å². The molecule has 17 heavy (non-hydrogen) atoms. The molecule has 1 rings (SSSR count). The van der Waals surface area contributed by atoms with Crippen LogP contribution < -0.4 is 5.73 Å². The lowest BCUT2D eigenvalue weighted by Gasteiger charge is -2.13. The van der Waals surface area contributed by atoms with Gasteiger partial charge in [0.15, 0.2) is 0 Å². The van der Waals surface area contributed by atoms with Gasteiger partial charge in [-0.25, -0.2) is 0 Å². The Hall–Kier alpha value is -1.26. The Morgan fingerprint density at radius 2 is 2.29 bits per heavy atom. The summed E-state index contributed by atoms with van der Waals surface area (Å²) < 4.78 is 4.92. The molecule has 0 bridgehead atoms. The standard InChI is InChI=1S/C12H16ClNO3/c1-2-17-12(16)9(7-14)5-8-3-4-11(15)10(13)6-8/h3-4,6,9,15H,2,5,7,14H2,1H3. The van der Waals surface area contributed by atoms with Gasteiger partial charge in [-0.1, -0.05) is 17.7 Å². The average molecular weight is 258 g/mol. The highest BCUT2D eigenvalue weighted by Gasteiger charge is 2.18. The minimum Gasteiger partial charge on any atom is -0.506 e. The van der Waals surface area contributed by atoms with Gasteiger partial charge >= 0.3 is 5.97 Å². The molecule has 0 aliphatic heterocycles. The Balaban J connectivity index is 2.73. The molecule has 0 amide bonds. The number of hydrogen-bond acceptors (Lipinski definition) is 4. The van der Waals surface area contributed by atoms with Gasteiger partial charge in [-0.2, -0.15) is 0 Å². The first-order valence-electron chi connectivity index (χ1n) is 5.42. The molecule has 0 aliphatic carbocycles. The Morgan fingerprint density at radius 3 is 2.82 bits per heavy atom. The summed E-state index contributed by atoms with van der Waals surface area (Å²) in [6.07, 6.45) is 0.454. The van der Waals surface area contributed by atoms with Crippen LogP contribution in [0.5, 0.6) is 5.75 Å². The van der Waals surface area contributed by atoms with Crippen molar-refractivity contribution in [1.82, 2.24) is 0 Å². The van der Waals surface area contributed by atoms with Crippen LogP contribution in [0.15, 0.2) is 18.2 Å². The normalized spacial score (nSPS) is 12.2. The van der Waals surface area contributed by atoms with Gasteiger partial charge in [0.25, 0.3) is 0 Å². The van der Waals surface area contributed by atoms with E-state index < -0.39 is 0 Å². The van der Waals surface area contributed by atoms with Gasteiger partial charge in [0, 0.05) is 6.54 Å². The van der Waals surface area contributed by atoms with Crippen molar-refractivity contribution in [2.45, 2.75) is 13.3 Å². The van der Waals surface area contributed by atoms with E-state index in [0.717, 1.165) is 5.56 Å². The maximum Gasteiger partial charge on any atom is 0.310 e. The molecule has 0 saturated carbocycles. The molecular weight excluding hydrogens is 242 g/mol. The van der Waals surface area contributed by atoms with Crippen LogP contribution in [0.3, 0.4) is 0 Å². The summed E-state index contributed by atoms with van der Waals surface area (Å²) in [7, 11) is 0. The van der Waals surface area contributed by atoms with E-state index in [0.29, 0.717) is 13.0 Å². The molecule has 0 radical (unpaired) electrons. The maximum atomic E-state index is 11.5. The van der Waals surface area contributed by atoms with E-state index in [9.17, 15) is 9.90 Å². The first kappa shape index (κ1) is 13.8. The molecule has 0 heterocycles. The highest BCUT2D eigenvalue weighted by atomic mass is 35.5. The van der Waals surface area contributed by atoms with Crippen LogP contribution in [0, 0.1) is 5.92 Å². The second-order valence-corrected chi connectivity index (χ2v) is 4.08. The van der Waals surface area contributed by atoms with Crippen LogP contribution in [0.4, 0.5) is 0 Å². The number of phenols is 1. The second kappa shape index (κ2) is 6.47. The topological polar surface area (TPSA) is 72.5 Å². The van der Waals surface area contributed by atoms with Crippen LogP contribution in [-0.4, -0.2) is 24.2 Å². The number of phenolic OH excluding ortho intramolecular Hbond substituents is 1. The molecule has 0 fully saturated rings. The fraction of sp³-hybridized carbons (Fsp3) is 0.417. The zero-order chi connectivity index (χ0) is 12.8. The third-order valence-electron chi connectivity index (χ3n) is 2.40. The Bertz CT molecular complexity index is 395. The number of esters is 1. The summed E-state index contributed by atoms with van der Waals surface area (Å²) in [4.78, 5) is 11.5. The van der Waals surface area contributed by atoms with Crippen molar-refractivity contribution in [2.24, 2.45) is 11.7 Å². The lowest BCUT2D eigenvalue weighted by atomic mass is 9.99. The van der Waals surface area contributed by atoms with Gasteiger partial charge in [0.1, 0.15) is 5.75 Å². The Kier molecular flexibility index (Phi) is 5.25. The lowest BCUT2D eigenvalue weighted by Crippen LogP contribution is -2.27. The maximum absolute atomic E-state index is 11.5. The molecule has 1 aromatic rings. The summed E-state index contributed by atoms with van der Waals surface area (Å²) in [5.41, 5.74) is 6.38. The van der Waals surface area contributed by atoms with E-state index in [-0.39, 0.29) is 29.2 Å². The highest BCUT2D eigenvalue weighted by Crippen LogP contribution is 2.24. The first-order chi connectivity index (χ1) is 8.08. The highest BCUT2D eigenvalue weighted by molar-refractivity contribution is 6.32. The van der Waals surface area contributed by atoms with Crippen molar-refractivity contribution in [3.63, 3.8) is 0 Å². The van der Waals surface area contributed by atoms with Crippen molar-refractivity contribution < 1.29 is 14.6 Å². The minimum atomic E-state index is -0.379. The molecule has 1 unspecified atom stereocenters. The van der Waals surface area contributed by atoms with Crippen molar-refractivity contribution in [2.75, 3.05) is 13.2 Å². The summed E-state index contributed by atoms with van der Waals surface area (Å²) in [6.45, 7) is 2.31. The van der Waals surface area contributed by atoms with Gasteiger partial charge in [0.2, 0.25) is 0 Å². The third kappa shape index (κ3) is 3.91. The Morgan fingerprint density at radius 1 is 1.59 bits per heavy atom. The third-order valence-corrected chi connectivity index (χ3v) is 2.70. The monoisotopic (exact) mass is 257 g/mol. The van der Waals surface area contributed by atoms with E-state index in [2.05, 4.69) is 0 Å². The number of carbonyl (C=O) groups is 1. The van der Waals surface area contributed by atoms with Crippen molar-refractivity contribution >= 4 is 17.6 Å². The number of rotatable bonds is 5. The smallest absolute Gasteiger partial charge is 0.310 e. The van der Waals surface area contributed by atoms with Gasteiger partial charge < -0.3 is 15.6 Å². The molecule has 0 aliphatic rings. The number of nitrogens with two attached hydrogens (primary N) is 1. The molecule has 0 spiro atoms. The summed E-state index contributed by atoms with van der Waals surface area (Å²) >= 11 is 5.78. The molecule has 5 heteroatoms. The molecule has 0 saturated heterocycles. The largest absolute Gasteiger partial charge is 0.506 e. The number of hydrogen-bond donors (Lipinski definition) is 2. The quantitative estimate of drug-likeness (QED) is 0.788. The predicted molar refractivity (Wildman–Crippen MR) is 66.0 cm³/mol. The van der Waals surface area contributed by atoms with Crippen LogP contribution in [-0.2, 0) is 16.0 Å². The van der Waals surface area contributed by atoms with Crippen LogP contribution in [0.2, 0.25) is 5.02 Å². The van der Waals surface area contributed by atoms with Crippen LogP contribution >= 0.6 is 11.6 Å². The fourth-order valence-electron chi connectivity index (χ4n) is 1.48. The van der Waals surface area contributed by atoms with Gasteiger partial charge in [-0.3, -0.25) is 4.79 Å². The molecule has 1 atom stereocenters. The van der Waals surface area contributed by atoms with E-state index in [1.165, 1.54) is 6.07 Å². The van der Waals surface area contributed by atoms with E-state index in [1.807, 2.05) is 0 Å². The second-order valence-electron chi connectivity index (χ2n) is 3.67. The summed E-state index contributed by atoms with van der Waals surface area (Å²) in [5, 5.41) is 9.55. The van der Waals surface area contributed by atoms with E-state index in [4.69, 9.17) is 22.1 Å². The minimum absolute atomic E-state index is 0.0239. The van der Waals surface area contributed by atoms with Crippen LogP contribution in [0.25, 0.3) is 0 Å². The molecule has 1 aromatic carbocycles. The van der Waals surface area contributed by atoms with E-state index in [1.54, 1.807) is 19.1 Å². The summed E-state index contributed by atoms with van der Waals surface area (Å²) in [5.74, 6) is -0.661. The van der Waals surface area contributed by atoms with Crippen LogP contribution in [0.1, 0.15) is 12.5 Å². The number of carbonyl (C=O) groups excluding carboxylic acids is 1. The Labute approximate surface area is 105 Å². The molecule has 4 nitrogen and oxygen atoms in total. The molecule has 3 N–H and O–H groups in total. The molecule has 0 aromatic heterocycles. The van der Waals surface area contributed by atoms with Crippen molar-refractivity contribution in [3.8, 4) is 5.75 Å². The van der Waals surface area contributed by atoms with Gasteiger partial charge in [0.05, 0.1) is 17.5 Å².